The molecule has 0 aliphatic carbocycles. The van der Waals surface area contributed by atoms with Gasteiger partial charge >= 0.3 is 5.97 Å². The Bertz CT molecular complexity index is 859. The van der Waals surface area contributed by atoms with Gasteiger partial charge in [-0.15, -0.1) is 0 Å². The maximum Gasteiger partial charge on any atom is 0.331 e. The van der Waals surface area contributed by atoms with E-state index in [9.17, 15) is 4.79 Å². The van der Waals surface area contributed by atoms with Gasteiger partial charge in [-0.2, -0.15) is 5.26 Å². The lowest BCUT2D eigenvalue weighted by atomic mass is 10.2. The van der Waals surface area contributed by atoms with Crippen LogP contribution >= 0.6 is 23.2 Å². The summed E-state index contributed by atoms with van der Waals surface area (Å²) >= 11 is 11.8. The molecule has 26 heavy (non-hydrogen) atoms. The van der Waals surface area contributed by atoms with Crippen LogP contribution < -0.4 is 9.47 Å². The molecule has 0 amide bonds. The summed E-state index contributed by atoms with van der Waals surface area (Å²) in [7, 11) is 1.49. The Morgan fingerprint density at radius 2 is 1.96 bits per heavy atom. The number of carbonyl (C=O) groups excluding carboxylic acids is 1. The molecule has 0 saturated carbocycles. The molecule has 0 aliphatic rings. The van der Waals surface area contributed by atoms with Crippen LogP contribution in [-0.4, -0.2) is 19.7 Å². The first-order valence-corrected chi connectivity index (χ1v) is 8.25. The third kappa shape index (κ3) is 5.69. The molecule has 0 fully saturated rings. The van der Waals surface area contributed by atoms with Crippen LogP contribution in [0.25, 0.3) is 6.08 Å². The fourth-order valence-corrected chi connectivity index (χ4v) is 2.33. The van der Waals surface area contributed by atoms with E-state index < -0.39 is 5.97 Å². The van der Waals surface area contributed by atoms with E-state index in [1.807, 2.05) is 6.07 Å². The summed E-state index contributed by atoms with van der Waals surface area (Å²) in [4.78, 5) is 11.8. The van der Waals surface area contributed by atoms with Crippen molar-refractivity contribution >= 4 is 35.2 Å². The average molecular weight is 392 g/mol. The number of hydrogen-bond acceptors (Lipinski definition) is 5. The molecule has 2 rings (SSSR count). The number of nitrogens with zero attached hydrogens (tertiary/aromatic N) is 1. The van der Waals surface area contributed by atoms with Crippen LogP contribution in [0.1, 0.15) is 11.1 Å². The Hall–Kier alpha value is -2.68. The molecule has 0 radical (unpaired) electrons. The van der Waals surface area contributed by atoms with Crippen molar-refractivity contribution in [3.05, 3.63) is 63.6 Å². The number of nitriles is 1. The van der Waals surface area contributed by atoms with Gasteiger partial charge in [0.2, 0.25) is 0 Å². The molecule has 0 bridgehead atoms. The van der Waals surface area contributed by atoms with Crippen LogP contribution in [-0.2, 0) is 16.1 Å². The van der Waals surface area contributed by atoms with E-state index in [0.717, 1.165) is 11.1 Å². The van der Waals surface area contributed by atoms with E-state index in [1.165, 1.54) is 13.2 Å². The van der Waals surface area contributed by atoms with Gasteiger partial charge in [0.15, 0.2) is 18.1 Å². The van der Waals surface area contributed by atoms with Crippen molar-refractivity contribution in [2.75, 3.05) is 13.7 Å². The number of benzene rings is 2. The maximum absolute atomic E-state index is 11.8. The lowest BCUT2D eigenvalue weighted by Gasteiger charge is -2.08. The fourth-order valence-electron chi connectivity index (χ4n) is 2.01. The molecule has 7 heteroatoms. The summed E-state index contributed by atoms with van der Waals surface area (Å²) in [5.74, 6) is 0.416. The monoisotopic (exact) mass is 391 g/mol. The second-order valence-corrected chi connectivity index (χ2v) is 5.86. The van der Waals surface area contributed by atoms with Crippen LogP contribution in [0.2, 0.25) is 10.0 Å². The zero-order valence-corrected chi connectivity index (χ0v) is 15.4. The predicted molar refractivity (Wildman–Crippen MR) is 99.4 cm³/mol. The van der Waals surface area contributed by atoms with E-state index in [4.69, 9.17) is 42.7 Å². The fraction of sp³-hybridized carbons (Fsp3) is 0.158. The van der Waals surface area contributed by atoms with Gasteiger partial charge in [0, 0.05) is 6.08 Å². The summed E-state index contributed by atoms with van der Waals surface area (Å²) in [6.07, 6.45) is 2.90. The number of hydrogen-bond donors (Lipinski definition) is 0. The molecule has 5 nitrogen and oxygen atoms in total. The third-order valence-corrected chi connectivity index (χ3v) is 4.00. The summed E-state index contributed by atoms with van der Waals surface area (Å²) in [6, 6.07) is 12.0. The molecule has 0 atom stereocenters. The molecule has 0 N–H and O–H groups in total. The van der Waals surface area contributed by atoms with Crippen LogP contribution in [0.15, 0.2) is 42.5 Å². The van der Waals surface area contributed by atoms with E-state index in [1.54, 1.807) is 42.5 Å². The number of rotatable bonds is 7. The van der Waals surface area contributed by atoms with Gasteiger partial charge in [0.25, 0.3) is 0 Å². The van der Waals surface area contributed by atoms with Gasteiger partial charge in [-0.05, 0) is 41.5 Å². The van der Waals surface area contributed by atoms with Gasteiger partial charge in [-0.1, -0.05) is 35.3 Å². The van der Waals surface area contributed by atoms with Crippen molar-refractivity contribution in [3.8, 4) is 17.6 Å². The number of halogens is 2. The molecule has 2 aromatic carbocycles. The minimum absolute atomic E-state index is 0.0768. The van der Waals surface area contributed by atoms with E-state index in [2.05, 4.69) is 0 Å². The van der Waals surface area contributed by atoms with Gasteiger partial charge < -0.3 is 14.2 Å². The third-order valence-electron chi connectivity index (χ3n) is 3.26. The second kappa shape index (κ2) is 9.71. The van der Waals surface area contributed by atoms with E-state index in [-0.39, 0.29) is 13.2 Å². The van der Waals surface area contributed by atoms with Crippen molar-refractivity contribution in [2.24, 2.45) is 0 Å². The van der Waals surface area contributed by atoms with Gasteiger partial charge in [0.1, 0.15) is 12.7 Å². The van der Waals surface area contributed by atoms with Gasteiger partial charge in [0.05, 0.1) is 17.2 Å². The molecule has 0 unspecified atom stereocenters. The predicted octanol–water partition coefficient (Wildman–Crippen LogP) is 4.66. The summed E-state index contributed by atoms with van der Waals surface area (Å²) in [6.45, 7) is 0.0108. The lowest BCUT2D eigenvalue weighted by Crippen LogP contribution is -2.01. The van der Waals surface area contributed by atoms with Crippen molar-refractivity contribution in [3.63, 3.8) is 0 Å². The first-order chi connectivity index (χ1) is 12.5. The molecular formula is C19H15Cl2NO4. The van der Waals surface area contributed by atoms with Crippen LogP contribution in [0.4, 0.5) is 0 Å². The number of esters is 1. The van der Waals surface area contributed by atoms with Gasteiger partial charge in [-0.3, -0.25) is 0 Å². The van der Waals surface area contributed by atoms with Crippen molar-refractivity contribution in [1.29, 1.82) is 5.26 Å². The first kappa shape index (κ1) is 19.6. The highest BCUT2D eigenvalue weighted by Gasteiger charge is 2.06. The first-order valence-electron chi connectivity index (χ1n) is 7.50. The summed E-state index contributed by atoms with van der Waals surface area (Å²) < 4.78 is 15.6. The molecule has 134 valence electrons. The van der Waals surface area contributed by atoms with E-state index in [0.29, 0.717) is 21.5 Å². The topological polar surface area (TPSA) is 68.6 Å². The lowest BCUT2D eigenvalue weighted by molar-refractivity contribution is -0.138. The SMILES string of the molecule is COc1cc(/C=C/C(=O)OCc2ccc(Cl)c(Cl)c2)ccc1OCC#N. The minimum Gasteiger partial charge on any atom is -0.493 e. The largest absolute Gasteiger partial charge is 0.493 e. The van der Waals surface area contributed by atoms with Crippen molar-refractivity contribution in [2.45, 2.75) is 6.61 Å². The Kier molecular flexibility index (Phi) is 7.34. The molecule has 0 aliphatic heterocycles. The minimum atomic E-state index is -0.500. The smallest absolute Gasteiger partial charge is 0.331 e. The standard InChI is InChI=1S/C19H15Cl2NO4/c1-24-18-11-13(3-6-17(18)25-9-8-22)4-7-19(23)26-12-14-2-5-15(20)16(21)10-14/h2-7,10-11H,9,12H2,1H3/b7-4+. The van der Waals surface area contributed by atoms with Crippen molar-refractivity contribution < 1.29 is 19.0 Å². The Balaban J connectivity index is 1.96. The average Bonchev–Trinajstić information content (AvgIpc) is 2.65. The number of carbonyl (C=O) groups is 1. The van der Waals surface area contributed by atoms with E-state index >= 15 is 0 Å². The molecule has 2 aromatic rings. The van der Waals surface area contributed by atoms with Gasteiger partial charge in [-0.25, -0.2) is 4.79 Å². The van der Waals surface area contributed by atoms with Crippen molar-refractivity contribution in [1.82, 2.24) is 0 Å². The highest BCUT2D eigenvalue weighted by atomic mass is 35.5. The van der Waals surface area contributed by atoms with Crippen LogP contribution in [0, 0.1) is 11.3 Å². The Labute approximate surface area is 161 Å². The summed E-state index contributed by atoms with van der Waals surface area (Å²) in [5, 5.41) is 9.41. The Morgan fingerprint density at radius 1 is 1.15 bits per heavy atom. The molecule has 0 heterocycles. The maximum atomic E-state index is 11.8. The zero-order chi connectivity index (χ0) is 18.9. The quantitative estimate of drug-likeness (QED) is 0.506. The molecule has 0 aromatic heterocycles. The number of methoxy groups -OCH3 is 1. The highest BCUT2D eigenvalue weighted by Crippen LogP contribution is 2.28. The zero-order valence-electron chi connectivity index (χ0n) is 13.9. The molecule has 0 spiro atoms. The molecule has 0 saturated heterocycles. The highest BCUT2D eigenvalue weighted by molar-refractivity contribution is 6.42. The van der Waals surface area contributed by atoms with Crippen LogP contribution in [0.3, 0.4) is 0 Å². The normalized spacial score (nSPS) is 10.4. The number of ether oxygens (including phenoxy) is 3. The second-order valence-electron chi connectivity index (χ2n) is 5.05. The Morgan fingerprint density at radius 3 is 2.65 bits per heavy atom. The summed E-state index contributed by atoms with van der Waals surface area (Å²) in [5.41, 5.74) is 1.46. The molecular weight excluding hydrogens is 377 g/mol. The van der Waals surface area contributed by atoms with Crippen LogP contribution in [0.5, 0.6) is 11.5 Å².